The number of esters is 1. The van der Waals surface area contributed by atoms with E-state index >= 15 is 0 Å². The van der Waals surface area contributed by atoms with Crippen LogP contribution in [0.4, 0.5) is 20.1 Å². The Morgan fingerprint density at radius 3 is 2.33 bits per heavy atom. The van der Waals surface area contributed by atoms with E-state index in [-0.39, 0.29) is 50.4 Å². The van der Waals surface area contributed by atoms with Gasteiger partial charge in [0.2, 0.25) is 11.8 Å². The van der Waals surface area contributed by atoms with Crippen LogP contribution in [0.1, 0.15) is 91.0 Å². The lowest BCUT2D eigenvalue weighted by molar-refractivity contribution is -0.202. The Labute approximate surface area is 475 Å². The largest absolute Gasteiger partial charge is 0.495 e. The molecule has 26 heteroatoms. The number of nitrogens with one attached hydrogen (secondary N) is 1. The van der Waals surface area contributed by atoms with Gasteiger partial charge in [-0.2, -0.15) is 0 Å². The summed E-state index contributed by atoms with van der Waals surface area (Å²) in [6, 6.07) is 2.27. The summed E-state index contributed by atoms with van der Waals surface area (Å²) in [5.41, 5.74) is -1.31. The molecule has 81 heavy (non-hydrogen) atoms. The number of rotatable bonds is 16. The van der Waals surface area contributed by atoms with Crippen LogP contribution in [0.15, 0.2) is 48.1 Å². The van der Waals surface area contributed by atoms with Crippen molar-refractivity contribution in [3.05, 3.63) is 58.7 Å². The fraction of sp³-hybridized carbons (Fsp3) is 0.618. The van der Waals surface area contributed by atoms with Crippen molar-refractivity contribution < 1.29 is 91.0 Å². The lowest BCUT2D eigenvalue weighted by Crippen LogP contribution is -2.63. The molecule has 1 aromatic rings. The number of anilines is 1. The molecule has 7 amide bonds. The van der Waals surface area contributed by atoms with Gasteiger partial charge in [0.25, 0.3) is 11.8 Å². The van der Waals surface area contributed by atoms with Crippen LogP contribution in [0.5, 0.6) is 5.75 Å². The number of carbonyl (C=O) groups is 9. The number of amides is 7. The Bertz CT molecular complexity index is 2620. The summed E-state index contributed by atoms with van der Waals surface area (Å²) in [7, 11) is 8.63. The van der Waals surface area contributed by atoms with Crippen molar-refractivity contribution in [1.29, 1.82) is 0 Å². The minimum Gasteiger partial charge on any atom is -0.495 e. The molecular formula is C55H75ClN6O19. The number of hydrogen-bond acceptors (Lipinski definition) is 19. The van der Waals surface area contributed by atoms with E-state index in [0.29, 0.717) is 35.8 Å². The van der Waals surface area contributed by atoms with Gasteiger partial charge < -0.3 is 67.4 Å². The average Bonchev–Trinajstić information content (AvgIpc) is 4.03. The van der Waals surface area contributed by atoms with Crippen molar-refractivity contribution in [3.63, 3.8) is 0 Å². The second-order valence-corrected chi connectivity index (χ2v) is 21.4. The lowest BCUT2D eigenvalue weighted by atomic mass is 9.83. The molecule has 4 bridgehead atoms. The number of methoxy groups -OCH3 is 2. The van der Waals surface area contributed by atoms with Gasteiger partial charge in [-0.25, -0.2) is 24.0 Å². The minimum atomic E-state index is -1.90. The maximum atomic E-state index is 14.4. The molecule has 2 N–H and O–H groups in total. The van der Waals surface area contributed by atoms with E-state index in [1.807, 2.05) is 19.1 Å². The molecule has 2 unspecified atom stereocenters. The molecule has 3 fully saturated rings. The highest BCUT2D eigenvalue weighted by Crippen LogP contribution is 2.49. The first-order valence-corrected chi connectivity index (χ1v) is 27.2. The number of halogens is 1. The first kappa shape index (κ1) is 63.4. The predicted octanol–water partition coefficient (Wildman–Crippen LogP) is 4.53. The van der Waals surface area contributed by atoms with Crippen LogP contribution >= 0.6 is 11.6 Å². The van der Waals surface area contributed by atoms with Gasteiger partial charge in [-0.05, 0) is 70.2 Å². The molecule has 3 saturated heterocycles. The van der Waals surface area contributed by atoms with Crippen LogP contribution in [0.2, 0.25) is 5.02 Å². The molecule has 25 nitrogen and oxygen atoms in total. The van der Waals surface area contributed by atoms with E-state index in [2.05, 4.69) is 5.32 Å². The third-order valence-electron chi connectivity index (χ3n) is 15.1. The summed E-state index contributed by atoms with van der Waals surface area (Å²) in [6.07, 6.45) is 2.60. The molecule has 4 heterocycles. The molecular weight excluding hydrogens is 1080 g/mol. The summed E-state index contributed by atoms with van der Waals surface area (Å²) >= 11 is 6.81. The van der Waals surface area contributed by atoms with E-state index in [0.717, 1.165) is 28.9 Å². The number of carbonyl (C=O) groups excluding carboxylic acids is 9. The van der Waals surface area contributed by atoms with Gasteiger partial charge in [-0.15, -0.1) is 5.06 Å². The van der Waals surface area contributed by atoms with Gasteiger partial charge in [-0.1, -0.05) is 54.8 Å². The highest BCUT2D eigenvalue weighted by atomic mass is 35.5. The average molecular weight is 1160 g/mol. The van der Waals surface area contributed by atoms with Crippen molar-refractivity contribution in [2.75, 3.05) is 73.6 Å². The number of epoxide rings is 1. The zero-order valence-electron chi connectivity index (χ0n) is 47.5. The number of alkyl carbamates (subject to hydrolysis) is 1. The topological polar surface area (TPSA) is 288 Å². The summed E-state index contributed by atoms with van der Waals surface area (Å²) in [4.78, 5) is 127. The van der Waals surface area contributed by atoms with Gasteiger partial charge >= 0.3 is 30.2 Å². The molecule has 0 aromatic heterocycles. The Hall–Kier alpha value is -6.80. The molecule has 0 spiro atoms. The van der Waals surface area contributed by atoms with Crippen LogP contribution in [0, 0.1) is 5.92 Å². The van der Waals surface area contributed by atoms with Crippen LogP contribution in [0.25, 0.3) is 0 Å². The van der Waals surface area contributed by atoms with E-state index in [4.69, 9.17) is 54.3 Å². The Morgan fingerprint density at radius 2 is 1.65 bits per heavy atom. The molecule has 1 aromatic carbocycles. The number of hydrogen-bond donors (Lipinski definition) is 2. The normalized spacial score (nSPS) is 28.7. The molecule has 4 aliphatic heterocycles. The van der Waals surface area contributed by atoms with Gasteiger partial charge in [0.15, 0.2) is 5.72 Å². The van der Waals surface area contributed by atoms with Crippen molar-refractivity contribution >= 4 is 71.1 Å². The fourth-order valence-corrected chi connectivity index (χ4v) is 10.1. The van der Waals surface area contributed by atoms with Crippen LogP contribution in [-0.2, 0) is 73.2 Å². The zero-order valence-corrected chi connectivity index (χ0v) is 48.2. The summed E-state index contributed by atoms with van der Waals surface area (Å²) in [6.45, 7) is 5.72. The molecule has 5 aliphatic rings. The number of likely N-dealkylation sites (N-methyl/N-ethyl adjacent to an activating group) is 3. The number of aliphatic hydroxyl groups is 1. The van der Waals surface area contributed by atoms with Crippen LogP contribution in [-0.4, -0.2) is 201 Å². The van der Waals surface area contributed by atoms with E-state index in [1.54, 1.807) is 44.2 Å². The number of imide groups is 1. The Kier molecular flexibility index (Phi) is 21.7. The van der Waals surface area contributed by atoms with E-state index < -0.39 is 127 Å². The first-order valence-electron chi connectivity index (χ1n) is 26.8. The number of fused-ring (bicyclic) bond motifs is 5. The Morgan fingerprint density at radius 1 is 0.963 bits per heavy atom. The standard InChI is InChI=1S/C55H75ClN6O19/c1-32-16-15-19-41(74-10)55(72)30-40(77-51(69)57-55)33(2)49-54(4,80-49)42(29-46(66)61(8)36-27-35(26-32)28-39(73-9)48(36)56)79-50(68)34(3)60(7)43(63)22-25-75-52(70)58(5)23-24-59(6)53(71)78-38-18-14-12-11-13-17-37(38)76-31-47(67)81-62-44(64)20-21-45(62)65/h14-16,18-19,27-28,33-34,37-38,40-42,49,72H,11-13,17,20-26,29-31H2,1-10H3,(H,57,69)/b18-14+,19-15+,32-16+/t33-,34+,37?,38?,40+,41-,42+,49+,54+,55+/m1/s1. The maximum Gasteiger partial charge on any atom is 0.410 e. The van der Waals surface area contributed by atoms with Crippen molar-refractivity contribution in [1.82, 2.24) is 25.1 Å². The first-order chi connectivity index (χ1) is 38.3. The quantitative estimate of drug-likeness (QED) is 0.0755. The third-order valence-corrected chi connectivity index (χ3v) is 15.5. The zero-order chi connectivity index (χ0) is 59.5. The number of benzene rings is 1. The van der Waals surface area contributed by atoms with Gasteiger partial charge in [0.1, 0.15) is 60.0 Å². The van der Waals surface area contributed by atoms with Gasteiger partial charge in [-0.3, -0.25) is 24.5 Å². The molecule has 0 radical (unpaired) electrons. The van der Waals surface area contributed by atoms with Gasteiger partial charge in [0.05, 0.1) is 37.8 Å². The summed E-state index contributed by atoms with van der Waals surface area (Å²) in [5.74, 6) is -4.55. The summed E-state index contributed by atoms with van der Waals surface area (Å²) < 4.78 is 46.2. The third kappa shape index (κ3) is 16.0. The highest BCUT2D eigenvalue weighted by Gasteiger charge is 2.64. The smallest absolute Gasteiger partial charge is 0.410 e. The predicted molar refractivity (Wildman–Crippen MR) is 287 cm³/mol. The number of allylic oxidation sites excluding steroid dienone is 4. The maximum absolute atomic E-state index is 14.4. The van der Waals surface area contributed by atoms with E-state index in [9.17, 15) is 48.3 Å². The SMILES string of the molecule is COc1cc2cc(c1Cl)N(C)C(=O)C[C@H](OC(=O)[C@H](C)N(C)C(=O)CCOC(=O)N(C)CCN(C)C(=O)OC1/C=C/CCCCC1OCC(=O)ON1C(=O)CCC1=O)[C@]1(C)O[C@H]1[C@H](C)[C@@H]1C[C@@](O)(NC(=O)O1)[C@H](OC)/C=C/C=C(\C)C2. The molecule has 6 rings (SSSR count). The number of ether oxygens (including phenoxy) is 8. The van der Waals surface area contributed by atoms with Crippen LogP contribution in [0.3, 0.4) is 0 Å². The number of nitrogens with zero attached hydrogens (tertiary/aromatic N) is 5. The van der Waals surface area contributed by atoms with Gasteiger partial charge in [0, 0.05) is 73.6 Å². The van der Waals surface area contributed by atoms with E-state index in [1.165, 1.54) is 64.0 Å². The molecule has 446 valence electrons. The molecule has 0 saturated carbocycles. The van der Waals surface area contributed by atoms with Crippen LogP contribution < -0.4 is 15.0 Å². The molecule has 10 atom stereocenters. The second-order valence-electron chi connectivity index (χ2n) is 21.1. The van der Waals surface area contributed by atoms with Crippen molar-refractivity contribution in [2.24, 2.45) is 5.92 Å². The van der Waals surface area contributed by atoms with Crippen molar-refractivity contribution in [3.8, 4) is 5.75 Å². The highest BCUT2D eigenvalue weighted by molar-refractivity contribution is 6.35. The van der Waals surface area contributed by atoms with Crippen molar-refractivity contribution in [2.45, 2.75) is 146 Å². The minimum absolute atomic E-state index is 0.000756. The Balaban J connectivity index is 1.05. The monoisotopic (exact) mass is 1160 g/mol. The second kappa shape index (κ2) is 27.8. The molecule has 1 aliphatic carbocycles. The summed E-state index contributed by atoms with van der Waals surface area (Å²) in [5, 5.41) is 14.9. The fourth-order valence-electron chi connectivity index (χ4n) is 9.80. The number of hydroxylamine groups is 2. The lowest BCUT2D eigenvalue weighted by Gasteiger charge is -2.42.